The molecule has 114 valence electrons. The Balaban J connectivity index is 2.29. The monoisotopic (exact) mass is 326 g/mol. The van der Waals surface area contributed by atoms with Crippen LogP contribution in [0.1, 0.15) is 5.56 Å². The number of halogens is 4. The van der Waals surface area contributed by atoms with E-state index in [1.807, 2.05) is 0 Å². The summed E-state index contributed by atoms with van der Waals surface area (Å²) in [6.07, 6.45) is -4.76. The summed E-state index contributed by atoms with van der Waals surface area (Å²) >= 11 is 1.26. The molecule has 22 heavy (non-hydrogen) atoms. The van der Waals surface area contributed by atoms with E-state index in [-0.39, 0.29) is 5.56 Å². The first-order chi connectivity index (χ1) is 10.3. The average Bonchev–Trinajstić information content (AvgIpc) is 2.73. The van der Waals surface area contributed by atoms with Crippen LogP contribution in [0, 0.1) is 5.82 Å². The van der Waals surface area contributed by atoms with Gasteiger partial charge in [-0.05, 0) is 29.3 Å². The number of nitrogens with two attached hydrogens (primary N) is 2. The van der Waals surface area contributed by atoms with Crippen LogP contribution in [0.25, 0.3) is 21.2 Å². The third-order valence-corrected chi connectivity index (χ3v) is 4.36. The number of nitrogen functional groups attached to an aromatic ring is 2. The van der Waals surface area contributed by atoms with E-state index < -0.39 is 17.6 Å². The minimum absolute atomic E-state index is 0.240. The lowest BCUT2D eigenvalue weighted by molar-refractivity contribution is -0.139. The van der Waals surface area contributed by atoms with Gasteiger partial charge in [0, 0.05) is 10.1 Å². The van der Waals surface area contributed by atoms with Gasteiger partial charge in [-0.1, -0.05) is 18.2 Å². The summed E-state index contributed by atoms with van der Waals surface area (Å²) in [4.78, 5) is 0. The molecule has 0 amide bonds. The number of rotatable bonds is 1. The molecule has 1 aromatic heterocycles. The van der Waals surface area contributed by atoms with Crippen LogP contribution in [0.5, 0.6) is 0 Å². The highest BCUT2D eigenvalue weighted by molar-refractivity contribution is 7.23. The predicted molar refractivity (Wildman–Crippen MR) is 81.0 cm³/mol. The molecular formula is C15H10F4N2S. The lowest BCUT2D eigenvalue weighted by atomic mass is 9.99. The molecule has 0 bridgehead atoms. The molecule has 0 saturated carbocycles. The zero-order valence-corrected chi connectivity index (χ0v) is 11.9. The molecule has 3 aromatic rings. The van der Waals surface area contributed by atoms with Crippen LogP contribution < -0.4 is 11.5 Å². The molecule has 4 N–H and O–H groups in total. The fraction of sp³-hybridized carbons (Fsp3) is 0.0667. The lowest BCUT2D eigenvalue weighted by Gasteiger charge is -2.11. The molecule has 1 heterocycles. The van der Waals surface area contributed by atoms with Gasteiger partial charge in [-0.2, -0.15) is 13.2 Å². The maximum absolute atomic E-state index is 13.4. The van der Waals surface area contributed by atoms with E-state index in [2.05, 4.69) is 0 Å². The van der Waals surface area contributed by atoms with Crippen molar-refractivity contribution < 1.29 is 17.6 Å². The van der Waals surface area contributed by atoms with Crippen LogP contribution >= 0.6 is 11.3 Å². The van der Waals surface area contributed by atoms with E-state index in [9.17, 15) is 17.6 Å². The summed E-state index contributed by atoms with van der Waals surface area (Å²) in [5.74, 6) is -1.30. The average molecular weight is 326 g/mol. The lowest BCUT2D eigenvalue weighted by Crippen LogP contribution is -2.08. The van der Waals surface area contributed by atoms with E-state index in [1.165, 1.54) is 17.4 Å². The highest BCUT2D eigenvalue weighted by Crippen LogP contribution is 2.42. The molecular weight excluding hydrogens is 316 g/mol. The van der Waals surface area contributed by atoms with Crippen molar-refractivity contribution in [1.82, 2.24) is 0 Å². The Morgan fingerprint density at radius 3 is 2.41 bits per heavy atom. The van der Waals surface area contributed by atoms with Crippen molar-refractivity contribution in [3.8, 4) is 11.1 Å². The largest absolute Gasteiger partial charge is 0.419 e. The minimum Gasteiger partial charge on any atom is -0.396 e. The van der Waals surface area contributed by atoms with Crippen LogP contribution in [0.2, 0.25) is 0 Å². The molecule has 0 spiro atoms. The Morgan fingerprint density at radius 1 is 1.00 bits per heavy atom. The number of fused-ring (bicyclic) bond motifs is 1. The third kappa shape index (κ3) is 2.27. The van der Waals surface area contributed by atoms with Crippen LogP contribution in [-0.4, -0.2) is 0 Å². The SMILES string of the molecule is Nc1sc2cccc(-c3ccc(F)c(C(F)(F)F)c3)c2c1N. The molecule has 0 fully saturated rings. The zero-order valence-electron chi connectivity index (χ0n) is 11.0. The Kier molecular flexibility index (Phi) is 3.25. The molecule has 0 radical (unpaired) electrons. The van der Waals surface area contributed by atoms with Gasteiger partial charge in [-0.15, -0.1) is 11.3 Å². The Morgan fingerprint density at radius 2 is 1.73 bits per heavy atom. The summed E-state index contributed by atoms with van der Waals surface area (Å²) in [6.45, 7) is 0. The second kappa shape index (κ2) is 4.88. The Bertz CT molecular complexity index is 868. The first-order valence-electron chi connectivity index (χ1n) is 6.22. The summed E-state index contributed by atoms with van der Waals surface area (Å²) in [7, 11) is 0. The van der Waals surface area contributed by atoms with Crippen LogP contribution in [0.3, 0.4) is 0 Å². The molecule has 0 aliphatic heterocycles. The molecule has 0 atom stereocenters. The van der Waals surface area contributed by atoms with Gasteiger partial charge in [-0.25, -0.2) is 4.39 Å². The molecule has 0 aliphatic carbocycles. The fourth-order valence-electron chi connectivity index (χ4n) is 2.34. The molecule has 0 aliphatic rings. The number of thiophene rings is 1. The van der Waals surface area contributed by atoms with Crippen LogP contribution in [0.15, 0.2) is 36.4 Å². The van der Waals surface area contributed by atoms with Gasteiger partial charge in [0.1, 0.15) is 10.8 Å². The normalized spacial score (nSPS) is 12.0. The summed E-state index contributed by atoms with van der Waals surface area (Å²) in [5, 5.41) is 0.991. The van der Waals surface area contributed by atoms with Crippen molar-refractivity contribution >= 4 is 32.1 Å². The van der Waals surface area contributed by atoms with Gasteiger partial charge in [0.25, 0.3) is 0 Å². The number of hydrogen-bond acceptors (Lipinski definition) is 3. The van der Waals surface area contributed by atoms with Gasteiger partial charge in [0.15, 0.2) is 0 Å². The molecule has 0 unspecified atom stereocenters. The maximum atomic E-state index is 13.4. The topological polar surface area (TPSA) is 52.0 Å². The summed E-state index contributed by atoms with van der Waals surface area (Å²) in [6, 6.07) is 8.01. The summed E-state index contributed by atoms with van der Waals surface area (Å²) < 4.78 is 52.8. The molecule has 3 rings (SSSR count). The van der Waals surface area contributed by atoms with E-state index in [1.54, 1.807) is 18.2 Å². The van der Waals surface area contributed by atoms with Gasteiger partial charge < -0.3 is 11.5 Å². The van der Waals surface area contributed by atoms with Crippen molar-refractivity contribution in [2.24, 2.45) is 0 Å². The van der Waals surface area contributed by atoms with E-state index in [0.29, 0.717) is 21.6 Å². The smallest absolute Gasteiger partial charge is 0.396 e. The summed E-state index contributed by atoms with van der Waals surface area (Å²) in [5.41, 5.74) is 11.5. The highest BCUT2D eigenvalue weighted by atomic mass is 32.1. The minimum atomic E-state index is -4.76. The van der Waals surface area contributed by atoms with E-state index >= 15 is 0 Å². The third-order valence-electron chi connectivity index (χ3n) is 3.36. The first-order valence-corrected chi connectivity index (χ1v) is 7.04. The number of anilines is 2. The van der Waals surface area contributed by atoms with Crippen molar-refractivity contribution in [3.63, 3.8) is 0 Å². The second-order valence-corrected chi connectivity index (χ2v) is 5.83. The quantitative estimate of drug-likeness (QED) is 0.626. The molecule has 7 heteroatoms. The first kappa shape index (κ1) is 14.6. The predicted octanol–water partition coefficient (Wildman–Crippen LogP) is 4.89. The van der Waals surface area contributed by atoms with Gasteiger partial charge in [-0.3, -0.25) is 0 Å². The van der Waals surface area contributed by atoms with E-state index in [0.717, 1.165) is 16.8 Å². The van der Waals surface area contributed by atoms with Crippen molar-refractivity contribution in [3.05, 3.63) is 47.8 Å². The van der Waals surface area contributed by atoms with Crippen molar-refractivity contribution in [1.29, 1.82) is 0 Å². The van der Waals surface area contributed by atoms with Gasteiger partial charge in [0.2, 0.25) is 0 Å². The van der Waals surface area contributed by atoms with Crippen LogP contribution in [-0.2, 0) is 6.18 Å². The highest BCUT2D eigenvalue weighted by Gasteiger charge is 2.34. The number of alkyl halides is 3. The maximum Gasteiger partial charge on any atom is 0.419 e. The Hall–Kier alpha value is -2.28. The fourth-order valence-corrected chi connectivity index (χ4v) is 3.26. The zero-order chi connectivity index (χ0) is 16.1. The van der Waals surface area contributed by atoms with Gasteiger partial charge in [0.05, 0.1) is 11.3 Å². The van der Waals surface area contributed by atoms with Crippen molar-refractivity contribution in [2.45, 2.75) is 6.18 Å². The molecule has 2 nitrogen and oxygen atoms in total. The van der Waals surface area contributed by atoms with Crippen LogP contribution in [0.4, 0.5) is 28.3 Å². The molecule has 2 aromatic carbocycles. The number of benzene rings is 2. The van der Waals surface area contributed by atoms with E-state index in [4.69, 9.17) is 11.5 Å². The Labute approximate surface area is 127 Å². The van der Waals surface area contributed by atoms with Gasteiger partial charge >= 0.3 is 6.18 Å². The van der Waals surface area contributed by atoms with Crippen molar-refractivity contribution in [2.75, 3.05) is 11.5 Å². The molecule has 0 saturated heterocycles. The standard InChI is InChI=1S/C15H10F4N2S/c16-10-5-4-7(6-9(10)15(17,18)19)8-2-1-3-11-12(8)13(20)14(21)22-11/h1-6H,20-21H2. The second-order valence-electron chi connectivity index (χ2n) is 4.75. The number of hydrogen-bond donors (Lipinski definition) is 2.